The summed E-state index contributed by atoms with van der Waals surface area (Å²) in [5.74, 6) is 1.14. The maximum absolute atomic E-state index is 12.4. The van der Waals surface area contributed by atoms with Gasteiger partial charge in [0.15, 0.2) is 6.61 Å². The van der Waals surface area contributed by atoms with Gasteiger partial charge in [-0.15, -0.1) is 0 Å². The number of ether oxygens (including phenoxy) is 2. The lowest BCUT2D eigenvalue weighted by atomic mass is 10.1. The fourth-order valence-corrected chi connectivity index (χ4v) is 3.29. The molecule has 0 bridgehead atoms. The second-order valence-corrected chi connectivity index (χ2v) is 7.86. The van der Waals surface area contributed by atoms with Gasteiger partial charge in [-0.05, 0) is 61.2 Å². The van der Waals surface area contributed by atoms with Crippen molar-refractivity contribution in [2.24, 2.45) is 0 Å². The molecule has 0 unspecified atom stereocenters. The normalized spacial score (nSPS) is 14.8. The van der Waals surface area contributed by atoms with Crippen molar-refractivity contribution in [2.75, 3.05) is 19.8 Å². The Kier molecular flexibility index (Phi) is 6.23. The summed E-state index contributed by atoms with van der Waals surface area (Å²) in [5.41, 5.74) is 2.44. The molecule has 2 aromatic rings. The molecule has 1 heterocycles. The van der Waals surface area contributed by atoms with Gasteiger partial charge in [0.2, 0.25) is 0 Å². The molecule has 7 heteroatoms. The highest BCUT2D eigenvalue weighted by Gasteiger charge is 2.23. The molecule has 0 saturated heterocycles. The number of nitrogens with one attached hydrogen (secondary N) is 2. The van der Waals surface area contributed by atoms with Crippen LogP contribution in [-0.4, -0.2) is 37.6 Å². The molecule has 2 N–H and O–H groups in total. The molecular formula is C23H23ClN2O4. The van der Waals surface area contributed by atoms with Crippen LogP contribution in [0.4, 0.5) is 0 Å². The molecule has 156 valence electrons. The van der Waals surface area contributed by atoms with Crippen molar-refractivity contribution < 1.29 is 19.1 Å². The number of halogens is 1. The number of amides is 2. The molecule has 1 saturated carbocycles. The highest BCUT2D eigenvalue weighted by Crippen LogP contribution is 2.29. The van der Waals surface area contributed by atoms with E-state index in [1.54, 1.807) is 18.2 Å². The van der Waals surface area contributed by atoms with Crippen LogP contribution in [0, 0.1) is 0 Å². The number of hydrogen-bond donors (Lipinski definition) is 2. The van der Waals surface area contributed by atoms with Crippen LogP contribution in [0.5, 0.6) is 11.5 Å². The molecule has 0 atom stereocenters. The minimum absolute atomic E-state index is 0.0252. The van der Waals surface area contributed by atoms with Gasteiger partial charge in [0.1, 0.15) is 18.1 Å². The Hall–Kier alpha value is -2.99. The zero-order chi connectivity index (χ0) is 20.9. The van der Waals surface area contributed by atoms with E-state index in [-0.39, 0.29) is 25.0 Å². The lowest BCUT2D eigenvalue weighted by Gasteiger charge is -2.17. The molecule has 4 rings (SSSR count). The third kappa shape index (κ3) is 5.54. The van der Waals surface area contributed by atoms with E-state index in [1.807, 2.05) is 30.3 Å². The number of fused-ring (bicyclic) bond motifs is 1. The largest absolute Gasteiger partial charge is 0.488 e. The number of carbonyl (C=O) groups excluding carboxylic acids is 2. The average molecular weight is 427 g/mol. The molecule has 2 aromatic carbocycles. The molecule has 0 spiro atoms. The van der Waals surface area contributed by atoms with E-state index in [2.05, 4.69) is 10.6 Å². The Morgan fingerprint density at radius 2 is 1.93 bits per heavy atom. The summed E-state index contributed by atoms with van der Waals surface area (Å²) in [4.78, 5) is 24.1. The monoisotopic (exact) mass is 426 g/mol. The van der Waals surface area contributed by atoms with Gasteiger partial charge in [-0.1, -0.05) is 23.7 Å². The lowest BCUT2D eigenvalue weighted by Crippen LogP contribution is -2.30. The topological polar surface area (TPSA) is 76.7 Å². The SMILES string of the molecule is O=C(COc1ccc(CCNC(=O)C2=Cc3cc(Cl)ccc3OC2)cc1)NC1CC1. The van der Waals surface area contributed by atoms with Gasteiger partial charge in [-0.2, -0.15) is 0 Å². The van der Waals surface area contributed by atoms with Crippen molar-refractivity contribution in [1.82, 2.24) is 10.6 Å². The first-order valence-electron chi connectivity index (χ1n) is 9.99. The van der Waals surface area contributed by atoms with Gasteiger partial charge in [-0.25, -0.2) is 0 Å². The zero-order valence-electron chi connectivity index (χ0n) is 16.4. The van der Waals surface area contributed by atoms with Crippen molar-refractivity contribution in [3.05, 3.63) is 64.2 Å². The molecule has 0 radical (unpaired) electrons. The second-order valence-electron chi connectivity index (χ2n) is 7.42. The van der Waals surface area contributed by atoms with Crippen molar-refractivity contribution in [3.63, 3.8) is 0 Å². The van der Waals surface area contributed by atoms with E-state index in [4.69, 9.17) is 21.1 Å². The van der Waals surface area contributed by atoms with E-state index in [9.17, 15) is 9.59 Å². The maximum Gasteiger partial charge on any atom is 0.258 e. The van der Waals surface area contributed by atoms with Gasteiger partial charge in [0.05, 0.1) is 5.57 Å². The third-order valence-electron chi connectivity index (χ3n) is 4.91. The number of carbonyl (C=O) groups is 2. The third-order valence-corrected chi connectivity index (χ3v) is 5.15. The van der Waals surface area contributed by atoms with Gasteiger partial charge in [0, 0.05) is 23.2 Å². The summed E-state index contributed by atoms with van der Waals surface area (Å²) in [7, 11) is 0. The van der Waals surface area contributed by atoms with E-state index < -0.39 is 0 Å². The summed E-state index contributed by atoms with van der Waals surface area (Å²) in [6.07, 6.45) is 4.61. The highest BCUT2D eigenvalue weighted by molar-refractivity contribution is 6.30. The summed E-state index contributed by atoms with van der Waals surface area (Å²) < 4.78 is 11.1. The number of rotatable bonds is 8. The number of hydrogen-bond acceptors (Lipinski definition) is 4. The van der Waals surface area contributed by atoms with E-state index in [0.29, 0.717) is 35.4 Å². The van der Waals surface area contributed by atoms with Crippen LogP contribution in [-0.2, 0) is 16.0 Å². The second kappa shape index (κ2) is 9.22. The molecule has 2 amide bonds. The van der Waals surface area contributed by atoms with Crippen molar-refractivity contribution in [3.8, 4) is 11.5 Å². The molecule has 30 heavy (non-hydrogen) atoms. The first-order valence-corrected chi connectivity index (χ1v) is 10.4. The van der Waals surface area contributed by atoms with Crippen LogP contribution in [0.2, 0.25) is 5.02 Å². The summed E-state index contributed by atoms with van der Waals surface area (Å²) in [6.45, 7) is 0.765. The van der Waals surface area contributed by atoms with E-state index >= 15 is 0 Å². The van der Waals surface area contributed by atoms with E-state index in [1.165, 1.54) is 0 Å². The first kappa shape index (κ1) is 20.3. The molecule has 1 aliphatic carbocycles. The van der Waals surface area contributed by atoms with Crippen LogP contribution >= 0.6 is 11.6 Å². The Morgan fingerprint density at radius 3 is 2.70 bits per heavy atom. The molecule has 1 fully saturated rings. The molecule has 0 aromatic heterocycles. The number of benzene rings is 2. The van der Waals surface area contributed by atoms with Crippen LogP contribution in [0.25, 0.3) is 6.08 Å². The van der Waals surface area contributed by atoms with E-state index in [0.717, 1.165) is 29.7 Å². The van der Waals surface area contributed by atoms with Crippen LogP contribution in [0.1, 0.15) is 24.0 Å². The van der Waals surface area contributed by atoms with Gasteiger partial charge in [0.25, 0.3) is 11.8 Å². The summed E-state index contributed by atoms with van der Waals surface area (Å²) in [5, 5.41) is 6.41. The van der Waals surface area contributed by atoms with Gasteiger partial charge >= 0.3 is 0 Å². The van der Waals surface area contributed by atoms with Crippen molar-refractivity contribution >= 4 is 29.5 Å². The van der Waals surface area contributed by atoms with Crippen LogP contribution in [0.3, 0.4) is 0 Å². The predicted octanol–water partition coefficient (Wildman–Crippen LogP) is 3.13. The van der Waals surface area contributed by atoms with Crippen molar-refractivity contribution in [2.45, 2.75) is 25.3 Å². The zero-order valence-corrected chi connectivity index (χ0v) is 17.2. The standard InChI is InChI=1S/C23H23ClN2O4/c24-18-3-8-21-16(12-18)11-17(13-30-21)23(28)25-10-9-15-1-6-20(7-2-15)29-14-22(27)26-19-4-5-19/h1-3,6-8,11-12,19H,4-5,9-10,13-14H2,(H,25,28)(H,26,27). The van der Waals surface area contributed by atoms with Crippen LogP contribution in [0.15, 0.2) is 48.0 Å². The first-order chi connectivity index (χ1) is 14.6. The van der Waals surface area contributed by atoms with Gasteiger partial charge < -0.3 is 20.1 Å². The Balaban J connectivity index is 1.22. The Bertz CT molecular complexity index is 968. The maximum atomic E-state index is 12.4. The predicted molar refractivity (Wildman–Crippen MR) is 115 cm³/mol. The fraction of sp³-hybridized carbons (Fsp3) is 0.304. The Labute approximate surface area is 180 Å². The quantitative estimate of drug-likeness (QED) is 0.680. The highest BCUT2D eigenvalue weighted by atomic mass is 35.5. The minimum atomic E-state index is -0.151. The molecule has 6 nitrogen and oxygen atoms in total. The average Bonchev–Trinajstić information content (AvgIpc) is 3.56. The van der Waals surface area contributed by atoms with Gasteiger partial charge in [-0.3, -0.25) is 9.59 Å². The summed E-state index contributed by atoms with van der Waals surface area (Å²) in [6, 6.07) is 13.2. The Morgan fingerprint density at radius 1 is 1.13 bits per heavy atom. The molecule has 2 aliphatic rings. The van der Waals surface area contributed by atoms with Crippen molar-refractivity contribution in [1.29, 1.82) is 0 Å². The fourth-order valence-electron chi connectivity index (χ4n) is 3.11. The molecular weight excluding hydrogens is 404 g/mol. The van der Waals surface area contributed by atoms with Crippen LogP contribution < -0.4 is 20.1 Å². The molecule has 1 aliphatic heterocycles. The smallest absolute Gasteiger partial charge is 0.258 e. The lowest BCUT2D eigenvalue weighted by molar-refractivity contribution is -0.123. The summed E-state index contributed by atoms with van der Waals surface area (Å²) >= 11 is 6.01. The minimum Gasteiger partial charge on any atom is -0.488 e.